The fourth-order valence-electron chi connectivity index (χ4n) is 2.62. The second-order valence-corrected chi connectivity index (χ2v) is 6.39. The molecular formula is C16H19N3OS. The van der Waals surface area contributed by atoms with E-state index in [1.54, 1.807) is 0 Å². The summed E-state index contributed by atoms with van der Waals surface area (Å²) in [5.41, 5.74) is 1.98. The van der Waals surface area contributed by atoms with Crippen LogP contribution in [0.5, 0.6) is 0 Å². The van der Waals surface area contributed by atoms with Gasteiger partial charge in [-0.3, -0.25) is 5.32 Å². The van der Waals surface area contributed by atoms with Gasteiger partial charge in [-0.2, -0.15) is 0 Å². The third kappa shape index (κ3) is 3.42. The van der Waals surface area contributed by atoms with Crippen LogP contribution < -0.4 is 5.32 Å². The van der Waals surface area contributed by atoms with Gasteiger partial charge in [0.25, 0.3) is 0 Å². The summed E-state index contributed by atoms with van der Waals surface area (Å²) in [5, 5.41) is 5.56. The highest BCUT2D eigenvalue weighted by atomic mass is 32.1. The fraction of sp³-hybridized carbons (Fsp3) is 0.375. The predicted molar refractivity (Wildman–Crippen MR) is 86.5 cm³/mol. The van der Waals surface area contributed by atoms with Gasteiger partial charge < -0.3 is 4.90 Å². The molecule has 110 valence electrons. The molecule has 1 fully saturated rings. The minimum atomic E-state index is -0.0319. The molecule has 1 unspecified atom stereocenters. The summed E-state index contributed by atoms with van der Waals surface area (Å²) in [6, 6.07) is 9.97. The minimum Gasteiger partial charge on any atom is -0.324 e. The van der Waals surface area contributed by atoms with E-state index in [0.29, 0.717) is 11.0 Å². The maximum atomic E-state index is 12.2. The summed E-state index contributed by atoms with van der Waals surface area (Å²) < 4.78 is 0. The highest BCUT2D eigenvalue weighted by Crippen LogP contribution is 2.25. The number of thiazole rings is 1. The maximum Gasteiger partial charge on any atom is 0.323 e. The van der Waals surface area contributed by atoms with Crippen LogP contribution in [0.1, 0.15) is 19.8 Å². The number of hydrogen-bond donors (Lipinski definition) is 1. The Morgan fingerprint density at radius 2 is 2.19 bits per heavy atom. The molecule has 0 bridgehead atoms. The molecule has 0 spiro atoms. The van der Waals surface area contributed by atoms with Crippen molar-refractivity contribution in [2.45, 2.75) is 19.8 Å². The molecule has 1 aliphatic heterocycles. The molecule has 0 saturated carbocycles. The van der Waals surface area contributed by atoms with E-state index < -0.39 is 0 Å². The van der Waals surface area contributed by atoms with Gasteiger partial charge in [0.2, 0.25) is 0 Å². The molecule has 0 radical (unpaired) electrons. The van der Waals surface area contributed by atoms with Gasteiger partial charge in [-0.1, -0.05) is 37.3 Å². The van der Waals surface area contributed by atoms with Crippen LogP contribution in [0.25, 0.3) is 11.3 Å². The van der Waals surface area contributed by atoms with Crippen molar-refractivity contribution in [3.63, 3.8) is 0 Å². The monoisotopic (exact) mass is 301 g/mol. The molecule has 5 heteroatoms. The molecule has 2 aromatic rings. The van der Waals surface area contributed by atoms with Gasteiger partial charge in [0.15, 0.2) is 5.13 Å². The Kier molecular flexibility index (Phi) is 4.20. The van der Waals surface area contributed by atoms with Crippen LogP contribution in [0.15, 0.2) is 35.7 Å². The number of benzene rings is 1. The normalized spacial score (nSPS) is 18.5. The Balaban J connectivity index is 1.66. The molecular weight excluding hydrogens is 282 g/mol. The highest BCUT2D eigenvalue weighted by Gasteiger charge is 2.21. The van der Waals surface area contributed by atoms with E-state index in [1.807, 2.05) is 40.6 Å². The van der Waals surface area contributed by atoms with Gasteiger partial charge in [-0.05, 0) is 18.8 Å². The predicted octanol–water partition coefficient (Wildman–Crippen LogP) is 4.07. The van der Waals surface area contributed by atoms with Gasteiger partial charge in [0, 0.05) is 24.0 Å². The molecule has 2 heterocycles. The average Bonchev–Trinajstić information content (AvgIpc) is 2.97. The Morgan fingerprint density at radius 1 is 1.38 bits per heavy atom. The molecule has 21 heavy (non-hydrogen) atoms. The Bertz CT molecular complexity index is 611. The summed E-state index contributed by atoms with van der Waals surface area (Å²) in [6.07, 6.45) is 2.29. The number of amides is 2. The van der Waals surface area contributed by atoms with Crippen LogP contribution >= 0.6 is 11.3 Å². The van der Waals surface area contributed by atoms with Crippen molar-refractivity contribution in [2.75, 3.05) is 18.4 Å². The second-order valence-electron chi connectivity index (χ2n) is 5.53. The number of aromatic nitrogens is 1. The van der Waals surface area contributed by atoms with Crippen LogP contribution in [0.3, 0.4) is 0 Å². The third-order valence-corrected chi connectivity index (χ3v) is 4.49. The number of anilines is 1. The molecule has 2 amide bonds. The highest BCUT2D eigenvalue weighted by molar-refractivity contribution is 7.14. The lowest BCUT2D eigenvalue weighted by Gasteiger charge is -2.30. The summed E-state index contributed by atoms with van der Waals surface area (Å²) in [4.78, 5) is 18.6. The van der Waals surface area contributed by atoms with E-state index in [-0.39, 0.29) is 6.03 Å². The topological polar surface area (TPSA) is 45.2 Å². The van der Waals surface area contributed by atoms with Gasteiger partial charge in [-0.15, -0.1) is 11.3 Å². The molecule has 3 rings (SSSR count). The average molecular weight is 301 g/mol. The zero-order chi connectivity index (χ0) is 14.7. The summed E-state index contributed by atoms with van der Waals surface area (Å²) in [5.74, 6) is 0.584. The first-order valence-corrected chi connectivity index (χ1v) is 8.17. The lowest BCUT2D eigenvalue weighted by molar-refractivity contribution is 0.182. The lowest BCUT2D eigenvalue weighted by Crippen LogP contribution is -2.41. The molecule has 4 nitrogen and oxygen atoms in total. The lowest BCUT2D eigenvalue weighted by atomic mass is 10.0. The SMILES string of the molecule is CC1CCCN(C(=O)Nc2nc(-c3ccccc3)cs2)C1. The molecule has 1 aromatic heterocycles. The third-order valence-electron chi connectivity index (χ3n) is 3.73. The fourth-order valence-corrected chi connectivity index (χ4v) is 3.33. The number of rotatable bonds is 2. The van der Waals surface area contributed by atoms with Crippen LogP contribution in [0, 0.1) is 5.92 Å². The number of carbonyl (C=O) groups is 1. The van der Waals surface area contributed by atoms with Crippen molar-refractivity contribution in [3.8, 4) is 11.3 Å². The van der Waals surface area contributed by atoms with Crippen LogP contribution in [0.2, 0.25) is 0 Å². The first-order valence-electron chi connectivity index (χ1n) is 7.29. The number of piperidine rings is 1. The zero-order valence-corrected chi connectivity index (χ0v) is 12.9. The standard InChI is InChI=1S/C16H19N3OS/c1-12-6-5-9-19(10-12)16(20)18-15-17-14(11-21-15)13-7-3-2-4-8-13/h2-4,7-8,11-12H,5-6,9-10H2,1H3,(H,17,18,20). The summed E-state index contributed by atoms with van der Waals surface area (Å²) in [7, 11) is 0. The Labute approximate surface area is 128 Å². The van der Waals surface area contributed by atoms with E-state index in [1.165, 1.54) is 17.8 Å². The number of urea groups is 1. The minimum absolute atomic E-state index is 0.0319. The van der Waals surface area contributed by atoms with Crippen molar-refractivity contribution in [3.05, 3.63) is 35.7 Å². The van der Waals surface area contributed by atoms with E-state index in [4.69, 9.17) is 0 Å². The Morgan fingerprint density at radius 3 is 2.95 bits per heavy atom. The van der Waals surface area contributed by atoms with E-state index in [2.05, 4.69) is 17.2 Å². The molecule has 0 aliphatic carbocycles. The van der Waals surface area contributed by atoms with E-state index >= 15 is 0 Å². The number of likely N-dealkylation sites (tertiary alicyclic amines) is 1. The number of nitrogens with zero attached hydrogens (tertiary/aromatic N) is 2. The van der Waals surface area contributed by atoms with Crippen LogP contribution in [-0.2, 0) is 0 Å². The van der Waals surface area contributed by atoms with Gasteiger partial charge in [-0.25, -0.2) is 9.78 Å². The largest absolute Gasteiger partial charge is 0.324 e. The van der Waals surface area contributed by atoms with Crippen molar-refractivity contribution in [1.82, 2.24) is 9.88 Å². The van der Waals surface area contributed by atoms with Crippen molar-refractivity contribution < 1.29 is 4.79 Å². The molecule has 1 aromatic carbocycles. The van der Waals surface area contributed by atoms with Crippen LogP contribution in [0.4, 0.5) is 9.93 Å². The van der Waals surface area contributed by atoms with Crippen molar-refractivity contribution in [1.29, 1.82) is 0 Å². The second kappa shape index (κ2) is 6.26. The molecule has 1 N–H and O–H groups in total. The zero-order valence-electron chi connectivity index (χ0n) is 12.1. The Hall–Kier alpha value is -1.88. The number of carbonyl (C=O) groups excluding carboxylic acids is 1. The maximum absolute atomic E-state index is 12.2. The summed E-state index contributed by atoms with van der Waals surface area (Å²) >= 11 is 1.47. The number of nitrogens with one attached hydrogen (secondary N) is 1. The van der Waals surface area contributed by atoms with Crippen molar-refractivity contribution >= 4 is 22.5 Å². The molecule has 1 atom stereocenters. The number of hydrogen-bond acceptors (Lipinski definition) is 3. The van der Waals surface area contributed by atoms with E-state index in [9.17, 15) is 4.79 Å². The molecule has 1 saturated heterocycles. The quantitative estimate of drug-likeness (QED) is 0.908. The first-order chi connectivity index (χ1) is 10.2. The first kappa shape index (κ1) is 14.1. The van der Waals surface area contributed by atoms with Crippen molar-refractivity contribution in [2.24, 2.45) is 5.92 Å². The molecule has 1 aliphatic rings. The van der Waals surface area contributed by atoms with Gasteiger partial charge >= 0.3 is 6.03 Å². The van der Waals surface area contributed by atoms with Gasteiger partial charge in [0.1, 0.15) is 0 Å². The van der Waals surface area contributed by atoms with Crippen LogP contribution in [-0.4, -0.2) is 29.0 Å². The smallest absolute Gasteiger partial charge is 0.323 e. The summed E-state index contributed by atoms with van der Waals surface area (Å²) in [6.45, 7) is 3.87. The van der Waals surface area contributed by atoms with E-state index in [0.717, 1.165) is 30.8 Å². The van der Waals surface area contributed by atoms with Gasteiger partial charge in [0.05, 0.1) is 5.69 Å².